The summed E-state index contributed by atoms with van der Waals surface area (Å²) in [6, 6.07) is 15.7. The number of methoxy groups -OCH3 is 1. The van der Waals surface area contributed by atoms with Crippen LogP contribution in [0, 0.1) is 13.8 Å². The number of anilines is 2. The summed E-state index contributed by atoms with van der Waals surface area (Å²) in [5, 5.41) is 4.14. The fourth-order valence-electron chi connectivity index (χ4n) is 4.44. The number of nitrogens with one attached hydrogen (secondary N) is 1. The van der Waals surface area contributed by atoms with Crippen molar-refractivity contribution in [2.75, 3.05) is 12.4 Å². The van der Waals surface area contributed by atoms with Gasteiger partial charge < -0.3 is 4.74 Å². The highest BCUT2D eigenvalue weighted by molar-refractivity contribution is 6.00. The Hall–Kier alpha value is -3.87. The Balaban J connectivity index is 1.50. The average Bonchev–Trinajstić information content (AvgIpc) is 2.78. The SMILES string of the molecule is COc1ccccc1[C@H]1CC(=O)c2c(C)nc(Nc3nc(C)c4ccccc4n3)nc2C1. The van der Waals surface area contributed by atoms with Crippen molar-refractivity contribution in [3.8, 4) is 5.75 Å². The molecule has 1 N–H and O–H groups in total. The number of benzene rings is 2. The Morgan fingerprint density at radius 1 is 0.875 bits per heavy atom. The van der Waals surface area contributed by atoms with Crippen molar-refractivity contribution in [1.29, 1.82) is 0 Å². The number of hydrogen-bond donors (Lipinski definition) is 1. The molecule has 0 amide bonds. The average molecular weight is 425 g/mol. The number of carbonyl (C=O) groups is 1. The van der Waals surface area contributed by atoms with Crippen LogP contribution < -0.4 is 10.1 Å². The molecule has 0 radical (unpaired) electrons. The number of rotatable bonds is 4. The van der Waals surface area contributed by atoms with Gasteiger partial charge in [-0.25, -0.2) is 19.9 Å². The van der Waals surface area contributed by atoms with E-state index in [0.29, 0.717) is 36.0 Å². The first-order valence-corrected chi connectivity index (χ1v) is 10.6. The van der Waals surface area contributed by atoms with Crippen LogP contribution in [-0.2, 0) is 6.42 Å². The van der Waals surface area contributed by atoms with Crippen molar-refractivity contribution < 1.29 is 9.53 Å². The maximum Gasteiger partial charge on any atom is 0.230 e. The molecule has 0 unspecified atom stereocenters. The summed E-state index contributed by atoms with van der Waals surface area (Å²) in [6.07, 6.45) is 1.05. The highest BCUT2D eigenvalue weighted by atomic mass is 16.5. The second-order valence-corrected chi connectivity index (χ2v) is 8.00. The first-order valence-electron chi connectivity index (χ1n) is 10.6. The molecule has 160 valence electrons. The van der Waals surface area contributed by atoms with Crippen molar-refractivity contribution in [2.45, 2.75) is 32.6 Å². The predicted octanol–water partition coefficient (Wildman–Crippen LogP) is 4.70. The topological polar surface area (TPSA) is 89.9 Å². The number of aryl methyl sites for hydroxylation is 2. The minimum absolute atomic E-state index is 0.00691. The lowest BCUT2D eigenvalue weighted by molar-refractivity contribution is 0.0961. The van der Waals surface area contributed by atoms with Crippen molar-refractivity contribution in [3.63, 3.8) is 0 Å². The molecule has 5 rings (SSSR count). The minimum Gasteiger partial charge on any atom is -0.496 e. The van der Waals surface area contributed by atoms with E-state index in [1.54, 1.807) is 7.11 Å². The molecule has 4 aromatic rings. The van der Waals surface area contributed by atoms with E-state index in [2.05, 4.69) is 20.3 Å². The normalized spacial score (nSPS) is 15.5. The Bertz CT molecular complexity index is 1350. The molecule has 7 nitrogen and oxygen atoms in total. The molecule has 2 heterocycles. The van der Waals surface area contributed by atoms with Gasteiger partial charge in [0.1, 0.15) is 5.75 Å². The Labute approximate surface area is 185 Å². The molecule has 0 spiro atoms. The molecule has 0 saturated heterocycles. The number of aromatic nitrogens is 4. The summed E-state index contributed by atoms with van der Waals surface area (Å²) in [5.74, 6) is 1.68. The van der Waals surface area contributed by atoms with Crippen LogP contribution >= 0.6 is 0 Å². The van der Waals surface area contributed by atoms with Gasteiger partial charge in [-0.15, -0.1) is 0 Å². The largest absolute Gasteiger partial charge is 0.496 e. The van der Waals surface area contributed by atoms with Crippen molar-refractivity contribution in [3.05, 3.63) is 76.7 Å². The highest BCUT2D eigenvalue weighted by Gasteiger charge is 2.31. The lowest BCUT2D eigenvalue weighted by Gasteiger charge is -2.25. The fourth-order valence-corrected chi connectivity index (χ4v) is 4.44. The molecule has 0 saturated carbocycles. The number of nitrogens with zero attached hydrogens (tertiary/aromatic N) is 4. The Morgan fingerprint density at radius 2 is 1.59 bits per heavy atom. The van der Waals surface area contributed by atoms with Gasteiger partial charge in [0.25, 0.3) is 0 Å². The first-order chi connectivity index (χ1) is 15.5. The third-order valence-electron chi connectivity index (χ3n) is 5.91. The van der Waals surface area contributed by atoms with Crippen LogP contribution in [0.15, 0.2) is 48.5 Å². The van der Waals surface area contributed by atoms with Crippen molar-refractivity contribution >= 4 is 28.6 Å². The van der Waals surface area contributed by atoms with E-state index in [-0.39, 0.29) is 11.7 Å². The molecule has 2 aromatic carbocycles. The molecular formula is C25H23N5O2. The summed E-state index contributed by atoms with van der Waals surface area (Å²) < 4.78 is 5.52. The summed E-state index contributed by atoms with van der Waals surface area (Å²) in [7, 11) is 1.65. The zero-order valence-electron chi connectivity index (χ0n) is 18.2. The third-order valence-corrected chi connectivity index (χ3v) is 5.91. The number of ether oxygens (including phenoxy) is 1. The lowest BCUT2D eigenvalue weighted by atomic mass is 9.81. The number of fused-ring (bicyclic) bond motifs is 2. The fraction of sp³-hybridized carbons (Fsp3) is 0.240. The molecule has 0 fully saturated rings. The summed E-state index contributed by atoms with van der Waals surface area (Å²) in [6.45, 7) is 3.80. The highest BCUT2D eigenvalue weighted by Crippen LogP contribution is 2.37. The van der Waals surface area contributed by atoms with E-state index < -0.39 is 0 Å². The Morgan fingerprint density at radius 3 is 2.44 bits per heavy atom. The molecule has 1 aliphatic rings. The second-order valence-electron chi connectivity index (χ2n) is 8.00. The zero-order chi connectivity index (χ0) is 22.2. The molecule has 0 aliphatic heterocycles. The number of para-hydroxylation sites is 2. The van der Waals surface area contributed by atoms with E-state index in [1.807, 2.05) is 62.4 Å². The van der Waals surface area contributed by atoms with Gasteiger partial charge in [-0.05, 0) is 38.0 Å². The van der Waals surface area contributed by atoms with E-state index in [4.69, 9.17) is 9.72 Å². The second kappa shape index (κ2) is 8.00. The van der Waals surface area contributed by atoms with Gasteiger partial charge >= 0.3 is 0 Å². The van der Waals surface area contributed by atoms with Crippen LogP contribution in [-0.4, -0.2) is 32.8 Å². The van der Waals surface area contributed by atoms with Gasteiger partial charge in [-0.1, -0.05) is 36.4 Å². The van der Waals surface area contributed by atoms with E-state index in [0.717, 1.165) is 33.6 Å². The molecule has 1 atom stereocenters. The van der Waals surface area contributed by atoms with Crippen molar-refractivity contribution in [1.82, 2.24) is 19.9 Å². The third kappa shape index (κ3) is 3.56. The monoisotopic (exact) mass is 425 g/mol. The van der Waals surface area contributed by atoms with Gasteiger partial charge in [0, 0.05) is 17.7 Å². The summed E-state index contributed by atoms with van der Waals surface area (Å²) in [5.41, 5.74) is 4.77. The molecule has 1 aliphatic carbocycles. The van der Waals surface area contributed by atoms with Crippen LogP contribution in [0.1, 0.15) is 45.3 Å². The summed E-state index contributed by atoms with van der Waals surface area (Å²) >= 11 is 0. The number of carbonyl (C=O) groups excluding carboxylic acids is 1. The predicted molar refractivity (Wildman–Crippen MR) is 123 cm³/mol. The molecule has 0 bridgehead atoms. The first kappa shape index (κ1) is 20.1. The number of ketones is 1. The van der Waals surface area contributed by atoms with Gasteiger partial charge in [-0.2, -0.15) is 0 Å². The van der Waals surface area contributed by atoms with Crippen LogP contribution in [0.2, 0.25) is 0 Å². The quantitative estimate of drug-likeness (QED) is 0.507. The van der Waals surface area contributed by atoms with E-state index in [9.17, 15) is 4.79 Å². The van der Waals surface area contributed by atoms with Gasteiger partial charge in [0.15, 0.2) is 5.78 Å². The molecule has 7 heteroatoms. The molecule has 32 heavy (non-hydrogen) atoms. The van der Waals surface area contributed by atoms with Gasteiger partial charge in [-0.3, -0.25) is 10.1 Å². The zero-order valence-corrected chi connectivity index (χ0v) is 18.2. The smallest absolute Gasteiger partial charge is 0.230 e. The van der Waals surface area contributed by atoms with Crippen LogP contribution in [0.4, 0.5) is 11.9 Å². The standard InChI is InChI=1S/C25H23N5O2/c1-14-17-8-4-6-10-19(17)28-24(26-14)30-25-27-15(2)23-20(29-25)12-16(13-21(23)31)18-9-5-7-11-22(18)32-3/h4-11,16H,12-13H2,1-3H3,(H,26,27,28,29,30)/t16-/m1/s1. The van der Waals surface area contributed by atoms with Gasteiger partial charge in [0.05, 0.1) is 35.3 Å². The maximum absolute atomic E-state index is 13.0. The lowest BCUT2D eigenvalue weighted by Crippen LogP contribution is -2.23. The molecular weight excluding hydrogens is 402 g/mol. The Kier molecular flexibility index (Phi) is 5.01. The van der Waals surface area contributed by atoms with E-state index >= 15 is 0 Å². The van der Waals surface area contributed by atoms with Crippen molar-refractivity contribution in [2.24, 2.45) is 0 Å². The maximum atomic E-state index is 13.0. The minimum atomic E-state index is 0.00691. The summed E-state index contributed by atoms with van der Waals surface area (Å²) in [4.78, 5) is 31.3. The number of hydrogen-bond acceptors (Lipinski definition) is 7. The van der Waals surface area contributed by atoms with E-state index in [1.165, 1.54) is 0 Å². The van der Waals surface area contributed by atoms with Crippen LogP contribution in [0.3, 0.4) is 0 Å². The number of Topliss-reactive ketones (excluding diaryl/α,β-unsaturated/α-hetero) is 1. The van der Waals surface area contributed by atoms with Crippen LogP contribution in [0.25, 0.3) is 10.9 Å². The van der Waals surface area contributed by atoms with Gasteiger partial charge in [0.2, 0.25) is 11.9 Å². The molecule has 2 aromatic heterocycles. The van der Waals surface area contributed by atoms with Crippen LogP contribution in [0.5, 0.6) is 5.75 Å².